The Morgan fingerprint density at radius 1 is 1.37 bits per heavy atom. The number of ether oxygens (including phenoxy) is 1. The zero-order valence-electron chi connectivity index (χ0n) is 10.9. The second kappa shape index (κ2) is 6.65. The van der Waals surface area contributed by atoms with Gasteiger partial charge in [0.15, 0.2) is 0 Å². The van der Waals surface area contributed by atoms with Crippen molar-refractivity contribution in [3.8, 4) is 6.07 Å². The molecule has 1 aromatic rings. The van der Waals surface area contributed by atoms with Crippen LogP contribution in [0.1, 0.15) is 36.8 Å². The Morgan fingerprint density at radius 2 is 2.16 bits per heavy atom. The molecule has 0 aromatic heterocycles. The third-order valence-electron chi connectivity index (χ3n) is 3.79. The van der Waals surface area contributed by atoms with E-state index in [1.807, 2.05) is 6.07 Å². The molecule has 0 aliphatic heterocycles. The molecule has 2 N–H and O–H groups in total. The number of rotatable bonds is 4. The molecule has 2 atom stereocenters. The highest BCUT2D eigenvalue weighted by Gasteiger charge is 2.24. The van der Waals surface area contributed by atoms with Crippen LogP contribution in [0.5, 0.6) is 0 Å². The fraction of sp³-hybridized carbons (Fsp3) is 0.533. The van der Waals surface area contributed by atoms with E-state index >= 15 is 0 Å². The Labute approximate surface area is 113 Å². The van der Waals surface area contributed by atoms with Gasteiger partial charge in [0.05, 0.1) is 18.3 Å². The quantitative estimate of drug-likeness (QED) is 0.907. The van der Waals surface area contributed by atoms with E-state index < -0.39 is 5.82 Å². The van der Waals surface area contributed by atoms with Gasteiger partial charge in [-0.25, -0.2) is 4.39 Å². The molecule has 0 saturated heterocycles. The van der Waals surface area contributed by atoms with Crippen LogP contribution >= 0.6 is 0 Å². The maximum absolute atomic E-state index is 13.9. The van der Waals surface area contributed by atoms with Gasteiger partial charge in [-0.15, -0.1) is 0 Å². The number of hydrogen-bond donors (Lipinski definition) is 1. The molecule has 4 heteroatoms. The topological polar surface area (TPSA) is 59.0 Å². The molecular formula is C15H19FN2O. The Balaban J connectivity index is 2.00. The zero-order chi connectivity index (χ0) is 13.7. The largest absolute Gasteiger partial charge is 0.373 e. The Bertz CT molecular complexity index is 470. The fourth-order valence-electron chi connectivity index (χ4n) is 2.64. The van der Waals surface area contributed by atoms with Crippen molar-refractivity contribution in [2.45, 2.75) is 38.4 Å². The van der Waals surface area contributed by atoms with Crippen molar-refractivity contribution in [1.82, 2.24) is 0 Å². The van der Waals surface area contributed by atoms with E-state index in [1.54, 1.807) is 12.1 Å². The molecule has 0 spiro atoms. The summed E-state index contributed by atoms with van der Waals surface area (Å²) in [5, 5.41) is 8.79. The lowest BCUT2D eigenvalue weighted by molar-refractivity contribution is -0.0193. The first-order valence-corrected chi connectivity index (χ1v) is 6.75. The molecule has 0 amide bonds. The molecule has 1 aliphatic carbocycles. The highest BCUT2D eigenvalue weighted by molar-refractivity contribution is 5.34. The SMILES string of the molecule is N#Cc1cccc(COC2CCCCC2CN)c1F. The van der Waals surface area contributed by atoms with Gasteiger partial charge in [-0.3, -0.25) is 0 Å². The predicted octanol–water partition coefficient (Wildman–Crippen LogP) is 2.73. The van der Waals surface area contributed by atoms with Crippen LogP contribution in [-0.2, 0) is 11.3 Å². The summed E-state index contributed by atoms with van der Waals surface area (Å²) < 4.78 is 19.7. The maximum Gasteiger partial charge on any atom is 0.146 e. The molecule has 1 saturated carbocycles. The second-order valence-electron chi connectivity index (χ2n) is 5.02. The summed E-state index contributed by atoms with van der Waals surface area (Å²) in [4.78, 5) is 0. The molecule has 3 nitrogen and oxygen atoms in total. The van der Waals surface area contributed by atoms with Crippen molar-refractivity contribution in [2.24, 2.45) is 11.7 Å². The second-order valence-corrected chi connectivity index (χ2v) is 5.02. The normalized spacial score (nSPS) is 23.0. The first-order chi connectivity index (χ1) is 9.26. The van der Waals surface area contributed by atoms with E-state index in [4.69, 9.17) is 15.7 Å². The number of nitrogens with zero attached hydrogens (tertiary/aromatic N) is 1. The molecule has 2 rings (SSSR count). The molecule has 0 radical (unpaired) electrons. The molecule has 1 aromatic carbocycles. The lowest BCUT2D eigenvalue weighted by atomic mass is 9.86. The zero-order valence-corrected chi connectivity index (χ0v) is 10.9. The van der Waals surface area contributed by atoms with Gasteiger partial charge >= 0.3 is 0 Å². The molecule has 19 heavy (non-hydrogen) atoms. The maximum atomic E-state index is 13.9. The predicted molar refractivity (Wildman–Crippen MR) is 70.7 cm³/mol. The molecule has 0 bridgehead atoms. The van der Waals surface area contributed by atoms with Gasteiger partial charge in [0, 0.05) is 5.56 Å². The van der Waals surface area contributed by atoms with Crippen molar-refractivity contribution in [1.29, 1.82) is 5.26 Å². The summed E-state index contributed by atoms with van der Waals surface area (Å²) in [6, 6.07) is 6.66. The Hall–Kier alpha value is -1.44. The summed E-state index contributed by atoms with van der Waals surface area (Å²) in [6.45, 7) is 0.827. The molecule has 0 heterocycles. The van der Waals surface area contributed by atoms with Gasteiger partial charge in [0.2, 0.25) is 0 Å². The summed E-state index contributed by atoms with van der Waals surface area (Å²) in [5.41, 5.74) is 6.26. The van der Waals surface area contributed by atoms with Crippen LogP contribution in [0.15, 0.2) is 18.2 Å². The van der Waals surface area contributed by atoms with E-state index in [1.165, 1.54) is 12.5 Å². The van der Waals surface area contributed by atoms with Gasteiger partial charge < -0.3 is 10.5 Å². The summed E-state index contributed by atoms with van der Waals surface area (Å²) in [5.74, 6) is -0.0962. The van der Waals surface area contributed by atoms with E-state index in [0.717, 1.165) is 19.3 Å². The molecule has 2 unspecified atom stereocenters. The van der Waals surface area contributed by atoms with Crippen LogP contribution in [0.4, 0.5) is 4.39 Å². The van der Waals surface area contributed by atoms with E-state index in [-0.39, 0.29) is 18.3 Å². The van der Waals surface area contributed by atoms with Gasteiger partial charge in [0.1, 0.15) is 11.9 Å². The summed E-state index contributed by atoms with van der Waals surface area (Å²) in [7, 11) is 0. The Kier molecular flexibility index (Phi) is 4.89. The highest BCUT2D eigenvalue weighted by Crippen LogP contribution is 2.27. The molecular weight excluding hydrogens is 243 g/mol. The lowest BCUT2D eigenvalue weighted by Crippen LogP contribution is -2.33. The average molecular weight is 262 g/mol. The van der Waals surface area contributed by atoms with E-state index in [9.17, 15) is 4.39 Å². The summed E-state index contributed by atoms with van der Waals surface area (Å²) in [6.07, 6.45) is 4.52. The van der Waals surface area contributed by atoms with E-state index in [2.05, 4.69) is 0 Å². The fourth-order valence-corrected chi connectivity index (χ4v) is 2.64. The number of benzene rings is 1. The van der Waals surface area contributed by atoms with Crippen molar-refractivity contribution in [2.75, 3.05) is 6.54 Å². The van der Waals surface area contributed by atoms with Gasteiger partial charge in [0.25, 0.3) is 0 Å². The summed E-state index contributed by atoms with van der Waals surface area (Å²) >= 11 is 0. The monoisotopic (exact) mass is 262 g/mol. The van der Waals surface area contributed by atoms with Crippen LogP contribution < -0.4 is 5.73 Å². The minimum atomic E-state index is -0.467. The van der Waals surface area contributed by atoms with Crippen molar-refractivity contribution >= 4 is 0 Å². The first-order valence-electron chi connectivity index (χ1n) is 6.75. The first kappa shape index (κ1) is 14.0. The van der Waals surface area contributed by atoms with Crippen LogP contribution in [0.2, 0.25) is 0 Å². The lowest BCUT2D eigenvalue weighted by Gasteiger charge is -2.30. The third kappa shape index (κ3) is 3.31. The van der Waals surface area contributed by atoms with Gasteiger partial charge in [-0.1, -0.05) is 25.0 Å². The molecule has 1 fully saturated rings. The van der Waals surface area contributed by atoms with Crippen molar-refractivity contribution < 1.29 is 9.13 Å². The van der Waals surface area contributed by atoms with Crippen LogP contribution in [-0.4, -0.2) is 12.6 Å². The Morgan fingerprint density at radius 3 is 2.89 bits per heavy atom. The van der Waals surface area contributed by atoms with Gasteiger partial charge in [-0.05, 0) is 31.4 Å². The number of halogens is 1. The molecule has 102 valence electrons. The van der Waals surface area contributed by atoms with Crippen molar-refractivity contribution in [3.05, 3.63) is 35.1 Å². The van der Waals surface area contributed by atoms with E-state index in [0.29, 0.717) is 18.0 Å². The van der Waals surface area contributed by atoms with Crippen LogP contribution in [0.25, 0.3) is 0 Å². The minimum absolute atomic E-state index is 0.0696. The standard InChI is InChI=1S/C15H19FN2O/c16-15-12(9-18)5-3-6-13(15)10-19-14-7-2-1-4-11(14)8-17/h3,5-6,11,14H,1-2,4,7-8,10,17H2. The van der Waals surface area contributed by atoms with Crippen molar-refractivity contribution in [3.63, 3.8) is 0 Å². The van der Waals surface area contributed by atoms with Gasteiger partial charge in [-0.2, -0.15) is 5.26 Å². The molecule has 1 aliphatic rings. The average Bonchev–Trinajstić information content (AvgIpc) is 2.46. The number of nitriles is 1. The number of nitrogens with two attached hydrogens (primary N) is 1. The third-order valence-corrected chi connectivity index (χ3v) is 3.79. The van der Waals surface area contributed by atoms with Crippen LogP contribution in [0, 0.1) is 23.1 Å². The smallest absolute Gasteiger partial charge is 0.146 e. The van der Waals surface area contributed by atoms with Crippen LogP contribution in [0.3, 0.4) is 0 Å². The highest BCUT2D eigenvalue weighted by atomic mass is 19.1. The number of hydrogen-bond acceptors (Lipinski definition) is 3. The minimum Gasteiger partial charge on any atom is -0.373 e.